The highest BCUT2D eigenvalue weighted by atomic mass is 127. The number of rotatable bonds is 1. The molecule has 0 rings (SSSR count). The molecule has 0 aliphatic rings. The van der Waals surface area contributed by atoms with Crippen molar-refractivity contribution in [3.8, 4) is 0 Å². The topological polar surface area (TPSA) is 27.1 Å². The Morgan fingerprint density at radius 2 is 2.22 bits per heavy atom. The first-order valence-corrected chi connectivity index (χ1v) is 4.48. The molecule has 0 bridgehead atoms. The summed E-state index contributed by atoms with van der Waals surface area (Å²) < 4.78 is 1.89. The van der Waals surface area contributed by atoms with E-state index in [9.17, 15) is 0 Å². The average molecular weight is 256 g/mol. The lowest BCUT2D eigenvalue weighted by Gasteiger charge is -2.09. The van der Waals surface area contributed by atoms with E-state index in [1.54, 1.807) is 4.90 Å². The van der Waals surface area contributed by atoms with Crippen LogP contribution in [0.2, 0.25) is 0 Å². The van der Waals surface area contributed by atoms with Crippen LogP contribution in [-0.2, 0) is 0 Å². The van der Waals surface area contributed by atoms with Gasteiger partial charge in [-0.15, -0.1) is 0 Å². The van der Waals surface area contributed by atoms with Gasteiger partial charge in [0.2, 0.25) is 0 Å². The van der Waals surface area contributed by atoms with Crippen molar-refractivity contribution in [2.45, 2.75) is 0 Å². The molecule has 4 heteroatoms. The second-order valence-electron chi connectivity index (χ2n) is 1.58. The Morgan fingerprint density at radius 1 is 1.67 bits per heavy atom. The minimum Gasteiger partial charge on any atom is -0.358 e. The van der Waals surface area contributed by atoms with Gasteiger partial charge in [0.05, 0.1) is 0 Å². The van der Waals surface area contributed by atoms with E-state index in [2.05, 4.69) is 22.6 Å². The molecule has 0 heterocycles. The van der Waals surface area contributed by atoms with Gasteiger partial charge in [-0.2, -0.15) is 0 Å². The summed E-state index contributed by atoms with van der Waals surface area (Å²) in [6, 6.07) is 0. The molecule has 0 aromatic carbocycles. The first-order valence-electron chi connectivity index (χ1n) is 2.36. The second kappa shape index (κ2) is 5.10. The molecule has 0 saturated carbocycles. The Morgan fingerprint density at radius 3 is 2.56 bits per heavy atom. The van der Waals surface area contributed by atoms with Crippen LogP contribution in [0.5, 0.6) is 0 Å². The van der Waals surface area contributed by atoms with Crippen molar-refractivity contribution >= 4 is 39.5 Å². The lowest BCUT2D eigenvalue weighted by atomic mass is 10.9. The maximum Gasteiger partial charge on any atom is 0.160 e. The van der Waals surface area contributed by atoms with Crippen molar-refractivity contribution < 1.29 is 0 Å². The zero-order chi connectivity index (χ0) is 7.28. The molecule has 0 aromatic heterocycles. The third kappa shape index (κ3) is 4.77. The predicted molar refractivity (Wildman–Crippen MR) is 52.2 cm³/mol. The van der Waals surface area contributed by atoms with Crippen LogP contribution in [-0.4, -0.2) is 24.2 Å². The lowest BCUT2D eigenvalue weighted by molar-refractivity contribution is 0.632. The number of halogens is 1. The summed E-state index contributed by atoms with van der Waals surface area (Å²) in [5.74, 6) is 0. The van der Waals surface area contributed by atoms with Crippen molar-refractivity contribution in [2.24, 2.45) is 0 Å². The smallest absolute Gasteiger partial charge is 0.160 e. The molecule has 2 nitrogen and oxygen atoms in total. The van der Waals surface area contributed by atoms with E-state index in [1.807, 2.05) is 23.6 Å². The van der Waals surface area contributed by atoms with E-state index in [-0.39, 0.29) is 0 Å². The molecular weight excluding hydrogens is 247 g/mol. The number of hydrogen-bond donors (Lipinski definition) is 1. The molecule has 52 valence electrons. The van der Waals surface area contributed by atoms with Crippen LogP contribution in [0.15, 0.2) is 9.49 Å². The van der Waals surface area contributed by atoms with Gasteiger partial charge in [-0.05, 0) is 9.49 Å². The summed E-state index contributed by atoms with van der Waals surface area (Å²) in [5, 5.41) is 9.72. The second-order valence-corrected chi connectivity index (χ2v) is 3.19. The highest BCUT2D eigenvalue weighted by Gasteiger charge is 1.93. The summed E-state index contributed by atoms with van der Waals surface area (Å²) in [6.45, 7) is 0. The molecule has 0 saturated heterocycles. The molecule has 0 aliphatic carbocycles. The van der Waals surface area contributed by atoms with Crippen LogP contribution in [0.1, 0.15) is 0 Å². The van der Waals surface area contributed by atoms with E-state index in [4.69, 9.17) is 5.41 Å². The minimum atomic E-state index is 0.558. The van der Waals surface area contributed by atoms with Gasteiger partial charge in [0.1, 0.15) is 0 Å². The highest BCUT2D eigenvalue weighted by molar-refractivity contribution is 14.1. The van der Waals surface area contributed by atoms with Gasteiger partial charge >= 0.3 is 0 Å². The van der Waals surface area contributed by atoms with Gasteiger partial charge in [0.15, 0.2) is 5.17 Å². The first-order chi connectivity index (χ1) is 4.18. The van der Waals surface area contributed by atoms with E-state index in [0.29, 0.717) is 5.17 Å². The van der Waals surface area contributed by atoms with Gasteiger partial charge in [-0.25, -0.2) is 0 Å². The average Bonchev–Trinajstić information content (AvgIpc) is 1.82. The lowest BCUT2D eigenvalue weighted by Crippen LogP contribution is -2.16. The summed E-state index contributed by atoms with van der Waals surface area (Å²) in [4.78, 5) is 1.77. The third-order valence-electron chi connectivity index (χ3n) is 0.637. The fraction of sp³-hybridized carbons (Fsp3) is 0.400. The van der Waals surface area contributed by atoms with Crippen molar-refractivity contribution in [3.05, 3.63) is 9.49 Å². The molecule has 9 heavy (non-hydrogen) atoms. The van der Waals surface area contributed by atoms with Gasteiger partial charge in [-0.1, -0.05) is 34.4 Å². The Hall–Kier alpha value is 0.290. The number of nitrogens with zero attached hydrogens (tertiary/aromatic N) is 1. The number of hydrogen-bond acceptors (Lipinski definition) is 2. The van der Waals surface area contributed by atoms with Gasteiger partial charge in [0.25, 0.3) is 0 Å². The van der Waals surface area contributed by atoms with E-state index in [0.717, 1.165) is 0 Å². The SMILES string of the molecule is CN(C)C(=N)S/C=C\I. The fourth-order valence-corrected chi connectivity index (χ4v) is 1.03. The zero-order valence-corrected chi connectivity index (χ0v) is 8.36. The molecule has 1 N–H and O–H groups in total. The Kier molecular flexibility index (Phi) is 5.27. The standard InChI is InChI=1S/C5H9IN2S/c1-8(2)5(7)9-4-3-6/h3-4,7H,1-2H3/b4-3-,7-5?. The molecule has 0 amide bonds. The zero-order valence-electron chi connectivity index (χ0n) is 5.39. The Labute approximate surface area is 73.3 Å². The molecule has 0 fully saturated rings. The van der Waals surface area contributed by atoms with Crippen LogP contribution >= 0.6 is 34.4 Å². The summed E-state index contributed by atoms with van der Waals surface area (Å²) in [6.07, 6.45) is 0. The van der Waals surface area contributed by atoms with E-state index >= 15 is 0 Å². The predicted octanol–water partition coefficient (Wildman–Crippen LogP) is 2.12. The highest BCUT2D eigenvalue weighted by Crippen LogP contribution is 2.06. The summed E-state index contributed by atoms with van der Waals surface area (Å²) in [7, 11) is 3.72. The number of amidine groups is 1. The molecule has 0 unspecified atom stereocenters. The summed E-state index contributed by atoms with van der Waals surface area (Å²) >= 11 is 3.53. The van der Waals surface area contributed by atoms with Crippen molar-refractivity contribution in [1.82, 2.24) is 4.90 Å². The fourth-order valence-electron chi connectivity index (χ4n) is 0.196. The van der Waals surface area contributed by atoms with Gasteiger partial charge in [0, 0.05) is 14.1 Å². The van der Waals surface area contributed by atoms with Crippen molar-refractivity contribution in [2.75, 3.05) is 14.1 Å². The van der Waals surface area contributed by atoms with E-state index < -0.39 is 0 Å². The van der Waals surface area contributed by atoms with Crippen LogP contribution < -0.4 is 0 Å². The molecular formula is C5H9IN2S. The van der Waals surface area contributed by atoms with Crippen LogP contribution in [0.3, 0.4) is 0 Å². The summed E-state index contributed by atoms with van der Waals surface area (Å²) in [5.41, 5.74) is 0. The molecule has 0 atom stereocenters. The van der Waals surface area contributed by atoms with Crippen LogP contribution in [0.25, 0.3) is 0 Å². The monoisotopic (exact) mass is 256 g/mol. The number of nitrogens with one attached hydrogen (secondary N) is 1. The maximum absolute atomic E-state index is 7.28. The molecule has 0 aromatic rings. The van der Waals surface area contributed by atoms with Crippen LogP contribution in [0, 0.1) is 5.41 Å². The normalized spacial score (nSPS) is 10.1. The van der Waals surface area contributed by atoms with Crippen LogP contribution in [0.4, 0.5) is 0 Å². The third-order valence-corrected chi connectivity index (χ3v) is 2.35. The molecule has 0 spiro atoms. The van der Waals surface area contributed by atoms with E-state index in [1.165, 1.54) is 11.8 Å². The maximum atomic E-state index is 7.28. The number of thioether (sulfide) groups is 1. The quantitative estimate of drug-likeness (QED) is 0.442. The molecule has 0 radical (unpaired) electrons. The van der Waals surface area contributed by atoms with Gasteiger partial charge < -0.3 is 4.90 Å². The largest absolute Gasteiger partial charge is 0.358 e. The van der Waals surface area contributed by atoms with Crippen molar-refractivity contribution in [1.29, 1.82) is 5.41 Å². The Balaban J connectivity index is 3.51. The minimum absolute atomic E-state index is 0.558. The van der Waals surface area contributed by atoms with Crippen molar-refractivity contribution in [3.63, 3.8) is 0 Å². The van der Waals surface area contributed by atoms with Gasteiger partial charge in [-0.3, -0.25) is 5.41 Å². The Bertz CT molecular complexity index is 122. The first kappa shape index (κ1) is 9.29. The molecule has 0 aliphatic heterocycles.